The van der Waals surface area contributed by atoms with Crippen LogP contribution in [0.5, 0.6) is 0 Å². The van der Waals surface area contributed by atoms with E-state index in [1.165, 1.54) is 0 Å². The second-order valence-corrected chi connectivity index (χ2v) is 7.12. The second kappa shape index (κ2) is 9.20. The lowest BCUT2D eigenvalue weighted by Gasteiger charge is -2.17. The fourth-order valence-corrected chi connectivity index (χ4v) is 3.45. The number of amides is 1. The van der Waals surface area contributed by atoms with Gasteiger partial charge in [0.25, 0.3) is 5.91 Å². The number of aliphatic hydroxyl groups is 1. The van der Waals surface area contributed by atoms with Gasteiger partial charge < -0.3 is 10.4 Å². The molecule has 0 fully saturated rings. The molecule has 0 aliphatic rings. The average molecular weight is 397 g/mol. The van der Waals surface area contributed by atoms with E-state index >= 15 is 0 Å². The van der Waals surface area contributed by atoms with Crippen molar-refractivity contribution in [2.24, 2.45) is 0 Å². The Morgan fingerprint density at radius 2 is 1.60 bits per heavy atom. The van der Waals surface area contributed by atoms with Gasteiger partial charge in [-0.15, -0.1) is 0 Å². The SMILES string of the molecule is O=C(N[C@H](CO)Cc1ccccc1)c1ccccc1-c1cc(-c2ccccc2)[nH]n1. The first-order valence-corrected chi connectivity index (χ1v) is 9.90. The van der Waals surface area contributed by atoms with Crippen LogP contribution < -0.4 is 5.32 Å². The number of aromatic nitrogens is 2. The van der Waals surface area contributed by atoms with E-state index < -0.39 is 0 Å². The van der Waals surface area contributed by atoms with E-state index in [4.69, 9.17) is 0 Å². The summed E-state index contributed by atoms with van der Waals surface area (Å²) in [6.07, 6.45) is 0.561. The van der Waals surface area contributed by atoms with Crippen molar-refractivity contribution < 1.29 is 9.90 Å². The van der Waals surface area contributed by atoms with Crippen LogP contribution in [0.25, 0.3) is 22.5 Å². The number of aliphatic hydroxyl groups excluding tert-OH is 1. The summed E-state index contributed by atoms with van der Waals surface area (Å²) in [7, 11) is 0. The fourth-order valence-electron chi connectivity index (χ4n) is 3.45. The van der Waals surface area contributed by atoms with Crippen molar-refractivity contribution in [3.63, 3.8) is 0 Å². The number of rotatable bonds is 7. The van der Waals surface area contributed by atoms with Crippen LogP contribution in [-0.2, 0) is 6.42 Å². The maximum absolute atomic E-state index is 13.0. The van der Waals surface area contributed by atoms with E-state index in [0.717, 1.165) is 22.4 Å². The Kier molecular flexibility index (Phi) is 6.01. The largest absolute Gasteiger partial charge is 0.394 e. The topological polar surface area (TPSA) is 78.0 Å². The van der Waals surface area contributed by atoms with Crippen LogP contribution in [0.2, 0.25) is 0 Å². The third-order valence-electron chi connectivity index (χ3n) is 4.99. The third kappa shape index (κ3) is 4.47. The Hall–Kier alpha value is -3.70. The van der Waals surface area contributed by atoms with E-state index in [2.05, 4.69) is 15.5 Å². The number of nitrogens with one attached hydrogen (secondary N) is 2. The molecule has 1 amide bonds. The molecule has 0 saturated carbocycles. The quantitative estimate of drug-likeness (QED) is 0.440. The standard InChI is InChI=1S/C25H23N3O2/c29-17-20(15-18-9-3-1-4-10-18)26-25(30)22-14-8-7-13-21(22)24-16-23(27-28-24)19-11-5-2-6-12-19/h1-14,16,20,29H,15,17H2,(H,26,30)(H,27,28)/t20-/m0/s1. The predicted molar refractivity (Wildman–Crippen MR) is 118 cm³/mol. The highest BCUT2D eigenvalue weighted by Gasteiger charge is 2.18. The molecule has 0 spiro atoms. The van der Waals surface area contributed by atoms with E-state index in [1.54, 1.807) is 6.07 Å². The third-order valence-corrected chi connectivity index (χ3v) is 4.99. The van der Waals surface area contributed by atoms with Crippen LogP contribution in [0.1, 0.15) is 15.9 Å². The van der Waals surface area contributed by atoms with Crippen LogP contribution in [0.4, 0.5) is 0 Å². The molecule has 1 heterocycles. The second-order valence-electron chi connectivity index (χ2n) is 7.12. The molecule has 1 aromatic heterocycles. The van der Waals surface area contributed by atoms with Gasteiger partial charge in [-0.05, 0) is 29.7 Å². The highest BCUT2D eigenvalue weighted by molar-refractivity contribution is 6.00. The molecule has 3 N–H and O–H groups in total. The minimum Gasteiger partial charge on any atom is -0.394 e. The first kappa shape index (κ1) is 19.6. The Balaban J connectivity index is 1.56. The monoisotopic (exact) mass is 397 g/mol. The lowest BCUT2D eigenvalue weighted by molar-refractivity contribution is 0.0917. The number of carbonyl (C=O) groups is 1. The molecule has 30 heavy (non-hydrogen) atoms. The Morgan fingerprint density at radius 1 is 0.933 bits per heavy atom. The molecule has 150 valence electrons. The molecule has 0 aliphatic heterocycles. The number of carbonyl (C=O) groups excluding carboxylic acids is 1. The highest BCUT2D eigenvalue weighted by atomic mass is 16.3. The zero-order valence-corrected chi connectivity index (χ0v) is 16.5. The lowest BCUT2D eigenvalue weighted by atomic mass is 10.0. The summed E-state index contributed by atoms with van der Waals surface area (Å²) in [5.74, 6) is -0.232. The maximum atomic E-state index is 13.0. The van der Waals surface area contributed by atoms with Crippen LogP contribution in [0.15, 0.2) is 91.0 Å². The fraction of sp³-hybridized carbons (Fsp3) is 0.120. The summed E-state index contributed by atoms with van der Waals surface area (Å²) >= 11 is 0. The zero-order chi connectivity index (χ0) is 20.8. The summed E-state index contributed by atoms with van der Waals surface area (Å²) in [5.41, 5.74) is 4.94. The summed E-state index contributed by atoms with van der Waals surface area (Å²) in [6.45, 7) is -0.136. The molecule has 0 radical (unpaired) electrons. The van der Waals surface area contributed by atoms with Gasteiger partial charge in [0.2, 0.25) is 0 Å². The maximum Gasteiger partial charge on any atom is 0.252 e. The molecule has 0 aliphatic carbocycles. The number of hydrogen-bond acceptors (Lipinski definition) is 3. The van der Waals surface area contributed by atoms with Gasteiger partial charge >= 0.3 is 0 Å². The van der Waals surface area contributed by atoms with E-state index in [1.807, 2.05) is 84.9 Å². The molecule has 5 heteroatoms. The predicted octanol–water partition coefficient (Wildman–Crippen LogP) is 4.08. The van der Waals surface area contributed by atoms with Gasteiger partial charge in [0.05, 0.1) is 24.0 Å². The van der Waals surface area contributed by atoms with E-state index in [9.17, 15) is 9.90 Å². The van der Waals surface area contributed by atoms with Crippen molar-refractivity contribution in [2.75, 3.05) is 6.61 Å². The van der Waals surface area contributed by atoms with E-state index in [-0.39, 0.29) is 18.6 Å². The number of benzene rings is 3. The number of nitrogens with zero attached hydrogens (tertiary/aromatic N) is 1. The van der Waals surface area contributed by atoms with Crippen molar-refractivity contribution in [1.29, 1.82) is 0 Å². The molecule has 4 rings (SSSR count). The van der Waals surface area contributed by atoms with Gasteiger partial charge in [0, 0.05) is 11.1 Å². The van der Waals surface area contributed by atoms with Gasteiger partial charge in [-0.2, -0.15) is 5.10 Å². The van der Waals surface area contributed by atoms with Crippen molar-refractivity contribution in [1.82, 2.24) is 15.5 Å². The molecule has 0 unspecified atom stereocenters. The molecular formula is C25H23N3O2. The smallest absolute Gasteiger partial charge is 0.252 e. The summed E-state index contributed by atoms with van der Waals surface area (Å²) < 4.78 is 0. The number of H-pyrrole nitrogens is 1. The van der Waals surface area contributed by atoms with Crippen molar-refractivity contribution in [3.8, 4) is 22.5 Å². The number of hydrogen-bond donors (Lipinski definition) is 3. The van der Waals surface area contributed by atoms with Gasteiger partial charge in [0.1, 0.15) is 0 Å². The molecule has 0 bridgehead atoms. The first-order chi connectivity index (χ1) is 14.7. The van der Waals surface area contributed by atoms with Crippen molar-refractivity contribution in [2.45, 2.75) is 12.5 Å². The van der Waals surface area contributed by atoms with Gasteiger partial charge in [0.15, 0.2) is 0 Å². The van der Waals surface area contributed by atoms with Crippen molar-refractivity contribution in [3.05, 3.63) is 102 Å². The molecular weight excluding hydrogens is 374 g/mol. The van der Waals surface area contributed by atoms with Crippen molar-refractivity contribution >= 4 is 5.91 Å². The average Bonchev–Trinajstić information content (AvgIpc) is 3.30. The normalized spacial score (nSPS) is 11.8. The lowest BCUT2D eigenvalue weighted by Crippen LogP contribution is -2.39. The summed E-state index contributed by atoms with van der Waals surface area (Å²) in [6, 6.07) is 28.7. The van der Waals surface area contributed by atoms with Crippen LogP contribution >= 0.6 is 0 Å². The Morgan fingerprint density at radius 3 is 2.33 bits per heavy atom. The molecule has 0 saturated heterocycles. The van der Waals surface area contributed by atoms with Gasteiger partial charge in [-0.3, -0.25) is 9.89 Å². The zero-order valence-electron chi connectivity index (χ0n) is 16.5. The van der Waals surface area contributed by atoms with Gasteiger partial charge in [-0.25, -0.2) is 0 Å². The number of aromatic amines is 1. The minimum atomic E-state index is -0.369. The highest BCUT2D eigenvalue weighted by Crippen LogP contribution is 2.26. The molecule has 4 aromatic rings. The molecule has 3 aromatic carbocycles. The van der Waals surface area contributed by atoms with Crippen LogP contribution in [0.3, 0.4) is 0 Å². The van der Waals surface area contributed by atoms with Crippen LogP contribution in [-0.4, -0.2) is 33.9 Å². The first-order valence-electron chi connectivity index (χ1n) is 9.90. The van der Waals surface area contributed by atoms with Gasteiger partial charge in [-0.1, -0.05) is 78.9 Å². The molecule has 1 atom stereocenters. The minimum absolute atomic E-state index is 0.136. The van der Waals surface area contributed by atoms with E-state index in [0.29, 0.717) is 17.7 Å². The Labute approximate surface area is 175 Å². The van der Waals surface area contributed by atoms with Crippen LogP contribution in [0, 0.1) is 0 Å². The summed E-state index contributed by atoms with van der Waals surface area (Å²) in [5, 5.41) is 20.2. The Bertz CT molecular complexity index is 1110. The molecule has 5 nitrogen and oxygen atoms in total. The summed E-state index contributed by atoms with van der Waals surface area (Å²) in [4.78, 5) is 13.0.